The molecule has 1 unspecified atom stereocenters. The van der Waals surface area contributed by atoms with Gasteiger partial charge in [0, 0.05) is 12.6 Å². The van der Waals surface area contributed by atoms with Crippen LogP contribution in [-0.2, 0) is 10.0 Å². The number of benzene rings is 1. The summed E-state index contributed by atoms with van der Waals surface area (Å²) >= 11 is 0. The van der Waals surface area contributed by atoms with E-state index in [2.05, 4.69) is 4.72 Å². The zero-order valence-corrected chi connectivity index (χ0v) is 10.7. The van der Waals surface area contributed by atoms with Crippen LogP contribution in [0.15, 0.2) is 29.2 Å². The second-order valence-electron chi connectivity index (χ2n) is 3.69. The fourth-order valence-electron chi connectivity index (χ4n) is 1.42. The lowest BCUT2D eigenvalue weighted by Crippen LogP contribution is -2.33. The Hall–Kier alpha value is -1.11. The third-order valence-corrected chi connectivity index (χ3v) is 3.91. The van der Waals surface area contributed by atoms with Crippen molar-refractivity contribution in [2.24, 2.45) is 0 Å². The van der Waals surface area contributed by atoms with Gasteiger partial charge < -0.3 is 9.84 Å². The standard InChI is InChI=1S/C11H17NO4S/c1-9(7-8-13)12-17(14,15)11-6-4-3-5-10(11)16-2/h3-6,9,12-13H,7-8H2,1-2H3. The summed E-state index contributed by atoms with van der Waals surface area (Å²) in [6.45, 7) is 1.64. The number of sulfonamides is 1. The van der Waals surface area contributed by atoms with E-state index in [0.29, 0.717) is 12.2 Å². The fourth-order valence-corrected chi connectivity index (χ4v) is 2.87. The molecule has 6 heteroatoms. The number of nitrogens with one attached hydrogen (secondary N) is 1. The smallest absolute Gasteiger partial charge is 0.244 e. The molecule has 0 heterocycles. The lowest BCUT2D eigenvalue weighted by atomic mass is 10.3. The first-order valence-electron chi connectivity index (χ1n) is 5.27. The summed E-state index contributed by atoms with van der Waals surface area (Å²) in [5.41, 5.74) is 0. The van der Waals surface area contributed by atoms with Gasteiger partial charge in [0.15, 0.2) is 0 Å². The van der Waals surface area contributed by atoms with E-state index in [1.165, 1.54) is 13.2 Å². The van der Waals surface area contributed by atoms with Crippen LogP contribution in [0.4, 0.5) is 0 Å². The Morgan fingerprint density at radius 1 is 1.41 bits per heavy atom. The number of methoxy groups -OCH3 is 1. The van der Waals surface area contributed by atoms with Gasteiger partial charge in [-0.3, -0.25) is 0 Å². The normalized spacial score (nSPS) is 13.4. The Morgan fingerprint density at radius 3 is 2.65 bits per heavy atom. The minimum Gasteiger partial charge on any atom is -0.495 e. The zero-order valence-electron chi connectivity index (χ0n) is 9.88. The summed E-state index contributed by atoms with van der Waals surface area (Å²) < 4.78 is 31.5. The Bertz CT molecular complexity index is 458. The Balaban J connectivity index is 2.97. The predicted octanol–water partition coefficient (Wildman–Crippen LogP) is 0.744. The van der Waals surface area contributed by atoms with Crippen LogP contribution in [0.2, 0.25) is 0 Å². The van der Waals surface area contributed by atoms with Crippen LogP contribution in [0.5, 0.6) is 5.75 Å². The number of aliphatic hydroxyl groups excluding tert-OH is 1. The first kappa shape index (κ1) is 14.0. The Morgan fingerprint density at radius 2 is 2.06 bits per heavy atom. The van der Waals surface area contributed by atoms with Crippen LogP contribution in [0, 0.1) is 0 Å². The SMILES string of the molecule is COc1ccccc1S(=O)(=O)NC(C)CCO. The third kappa shape index (κ3) is 3.69. The molecule has 0 saturated heterocycles. The summed E-state index contributed by atoms with van der Waals surface area (Å²) in [6.07, 6.45) is 0.369. The van der Waals surface area contributed by atoms with Crippen LogP contribution in [0.1, 0.15) is 13.3 Å². The Labute approximate surface area is 101 Å². The predicted molar refractivity (Wildman–Crippen MR) is 64.5 cm³/mol. The topological polar surface area (TPSA) is 75.6 Å². The number of ether oxygens (including phenoxy) is 1. The van der Waals surface area contributed by atoms with Crippen LogP contribution in [0.25, 0.3) is 0 Å². The first-order valence-corrected chi connectivity index (χ1v) is 6.75. The van der Waals surface area contributed by atoms with Crippen molar-refractivity contribution in [2.45, 2.75) is 24.3 Å². The molecule has 0 aliphatic rings. The lowest BCUT2D eigenvalue weighted by Gasteiger charge is -2.14. The van der Waals surface area contributed by atoms with E-state index in [1.54, 1.807) is 25.1 Å². The summed E-state index contributed by atoms with van der Waals surface area (Å²) in [5, 5.41) is 8.75. The quantitative estimate of drug-likeness (QED) is 0.790. The van der Waals surface area contributed by atoms with E-state index in [-0.39, 0.29) is 17.5 Å². The van der Waals surface area contributed by atoms with Crippen LogP contribution >= 0.6 is 0 Å². The van der Waals surface area contributed by atoms with Crippen molar-refractivity contribution in [1.29, 1.82) is 0 Å². The highest BCUT2D eigenvalue weighted by molar-refractivity contribution is 7.89. The van der Waals surface area contributed by atoms with E-state index < -0.39 is 10.0 Å². The molecule has 0 aliphatic carbocycles. The summed E-state index contributed by atoms with van der Waals surface area (Å²) in [6, 6.07) is 6.08. The van der Waals surface area contributed by atoms with Crippen molar-refractivity contribution in [3.8, 4) is 5.75 Å². The number of aliphatic hydroxyl groups is 1. The van der Waals surface area contributed by atoms with E-state index in [0.717, 1.165) is 0 Å². The molecule has 2 N–H and O–H groups in total. The Kier molecular flexibility index (Phi) is 4.92. The number of rotatable bonds is 6. The van der Waals surface area contributed by atoms with Crippen LogP contribution in [0.3, 0.4) is 0 Å². The molecule has 0 radical (unpaired) electrons. The zero-order chi connectivity index (χ0) is 12.9. The van der Waals surface area contributed by atoms with Crippen molar-refractivity contribution in [1.82, 2.24) is 4.72 Å². The second-order valence-corrected chi connectivity index (χ2v) is 5.37. The highest BCUT2D eigenvalue weighted by Gasteiger charge is 2.20. The lowest BCUT2D eigenvalue weighted by molar-refractivity contribution is 0.275. The van der Waals surface area contributed by atoms with E-state index in [9.17, 15) is 8.42 Å². The van der Waals surface area contributed by atoms with Gasteiger partial charge in [0.1, 0.15) is 10.6 Å². The molecule has 0 saturated carbocycles. The molecular weight excluding hydrogens is 242 g/mol. The molecule has 17 heavy (non-hydrogen) atoms. The van der Waals surface area contributed by atoms with Crippen molar-refractivity contribution in [3.63, 3.8) is 0 Å². The van der Waals surface area contributed by atoms with E-state index in [1.807, 2.05) is 0 Å². The molecule has 1 aromatic rings. The van der Waals surface area contributed by atoms with Crippen molar-refractivity contribution >= 4 is 10.0 Å². The fraction of sp³-hybridized carbons (Fsp3) is 0.455. The molecule has 1 rings (SSSR count). The van der Waals surface area contributed by atoms with Gasteiger partial charge in [-0.05, 0) is 25.5 Å². The molecule has 0 aromatic heterocycles. The first-order chi connectivity index (χ1) is 8.01. The van der Waals surface area contributed by atoms with Gasteiger partial charge >= 0.3 is 0 Å². The highest BCUT2D eigenvalue weighted by atomic mass is 32.2. The molecule has 5 nitrogen and oxygen atoms in total. The number of hydrogen-bond donors (Lipinski definition) is 2. The van der Waals surface area contributed by atoms with Gasteiger partial charge in [0.25, 0.3) is 0 Å². The van der Waals surface area contributed by atoms with Gasteiger partial charge in [-0.1, -0.05) is 12.1 Å². The second kappa shape index (κ2) is 6.00. The van der Waals surface area contributed by atoms with Crippen LogP contribution in [-0.4, -0.2) is 33.3 Å². The van der Waals surface area contributed by atoms with Crippen LogP contribution < -0.4 is 9.46 Å². The molecule has 1 aromatic carbocycles. The van der Waals surface area contributed by atoms with Crippen molar-refractivity contribution in [3.05, 3.63) is 24.3 Å². The number of hydrogen-bond acceptors (Lipinski definition) is 4. The molecule has 0 spiro atoms. The molecule has 0 amide bonds. The van der Waals surface area contributed by atoms with Gasteiger partial charge in [-0.25, -0.2) is 13.1 Å². The average Bonchev–Trinajstić information content (AvgIpc) is 2.28. The maximum absolute atomic E-state index is 12.0. The summed E-state index contributed by atoms with van der Waals surface area (Å²) in [7, 11) is -2.19. The van der Waals surface area contributed by atoms with Crippen molar-refractivity contribution < 1.29 is 18.3 Å². The summed E-state index contributed by atoms with van der Waals surface area (Å²) in [4.78, 5) is 0.104. The third-order valence-electron chi connectivity index (χ3n) is 2.28. The van der Waals surface area contributed by atoms with Gasteiger partial charge in [0.2, 0.25) is 10.0 Å². The monoisotopic (exact) mass is 259 g/mol. The maximum atomic E-state index is 12.0. The highest BCUT2D eigenvalue weighted by Crippen LogP contribution is 2.22. The van der Waals surface area contributed by atoms with E-state index >= 15 is 0 Å². The van der Waals surface area contributed by atoms with Gasteiger partial charge in [-0.15, -0.1) is 0 Å². The molecule has 0 fully saturated rings. The molecule has 1 atom stereocenters. The maximum Gasteiger partial charge on any atom is 0.244 e. The van der Waals surface area contributed by atoms with Gasteiger partial charge in [0.05, 0.1) is 7.11 Å². The minimum absolute atomic E-state index is 0.0599. The molecule has 96 valence electrons. The molecular formula is C11H17NO4S. The molecule has 0 aliphatic heterocycles. The number of para-hydroxylation sites is 1. The minimum atomic E-state index is -3.61. The van der Waals surface area contributed by atoms with Gasteiger partial charge in [-0.2, -0.15) is 0 Å². The van der Waals surface area contributed by atoms with Crippen molar-refractivity contribution in [2.75, 3.05) is 13.7 Å². The summed E-state index contributed by atoms with van der Waals surface area (Å²) in [5.74, 6) is 0.302. The molecule has 0 bridgehead atoms. The average molecular weight is 259 g/mol. The largest absolute Gasteiger partial charge is 0.495 e. The van der Waals surface area contributed by atoms with E-state index in [4.69, 9.17) is 9.84 Å².